The van der Waals surface area contributed by atoms with E-state index in [2.05, 4.69) is 46.8 Å². The van der Waals surface area contributed by atoms with Gasteiger partial charge in [-0.3, -0.25) is 0 Å². The quantitative estimate of drug-likeness (QED) is 0.838. The Bertz CT molecular complexity index is 575. The molecular formula is C17H22OS. The van der Waals surface area contributed by atoms with Gasteiger partial charge in [0.05, 0.1) is 0 Å². The van der Waals surface area contributed by atoms with E-state index in [1.165, 1.54) is 16.0 Å². The number of aryl methyl sites for hydroxylation is 2. The molecule has 1 aromatic carbocycles. The molecular weight excluding hydrogens is 252 g/mol. The van der Waals surface area contributed by atoms with E-state index in [1.807, 2.05) is 18.2 Å². The molecule has 0 aliphatic rings. The number of hydrogen-bond acceptors (Lipinski definition) is 2. The molecule has 19 heavy (non-hydrogen) atoms. The number of hydrogen-bond donors (Lipinski definition) is 1. The molecule has 1 unspecified atom stereocenters. The molecule has 0 saturated heterocycles. The van der Waals surface area contributed by atoms with Crippen LogP contribution in [0.25, 0.3) is 0 Å². The van der Waals surface area contributed by atoms with Crippen molar-refractivity contribution in [1.82, 2.24) is 0 Å². The summed E-state index contributed by atoms with van der Waals surface area (Å²) >= 11 is 1.69. The number of aliphatic hydroxyl groups excluding tert-OH is 1. The van der Waals surface area contributed by atoms with Crippen LogP contribution in [-0.2, 0) is 5.41 Å². The Morgan fingerprint density at radius 3 is 2.26 bits per heavy atom. The van der Waals surface area contributed by atoms with E-state index in [4.69, 9.17) is 0 Å². The Balaban J connectivity index is 2.50. The predicted molar refractivity (Wildman–Crippen MR) is 83.0 cm³/mol. The van der Waals surface area contributed by atoms with E-state index in [0.29, 0.717) is 0 Å². The van der Waals surface area contributed by atoms with Gasteiger partial charge in [-0.2, -0.15) is 0 Å². The molecule has 1 heterocycles. The topological polar surface area (TPSA) is 20.2 Å². The molecule has 1 atom stereocenters. The lowest BCUT2D eigenvalue weighted by Crippen LogP contribution is -2.16. The highest BCUT2D eigenvalue weighted by molar-refractivity contribution is 7.12. The van der Waals surface area contributed by atoms with Crippen molar-refractivity contribution in [1.29, 1.82) is 0 Å². The lowest BCUT2D eigenvalue weighted by molar-refractivity contribution is 0.220. The second kappa shape index (κ2) is 5.10. The van der Waals surface area contributed by atoms with Crippen LogP contribution in [0.3, 0.4) is 0 Å². The number of rotatable bonds is 2. The predicted octanol–water partition coefficient (Wildman–Crippen LogP) is 4.74. The minimum absolute atomic E-state index is 0.0395. The third kappa shape index (κ3) is 2.90. The third-order valence-electron chi connectivity index (χ3n) is 3.39. The van der Waals surface area contributed by atoms with E-state index in [-0.39, 0.29) is 5.41 Å². The fourth-order valence-electron chi connectivity index (χ4n) is 2.49. The second-order valence-electron chi connectivity index (χ2n) is 6.14. The summed E-state index contributed by atoms with van der Waals surface area (Å²) in [5.74, 6) is 0. The summed E-state index contributed by atoms with van der Waals surface area (Å²) in [5, 5.41) is 10.7. The Labute approximate surface area is 119 Å². The summed E-state index contributed by atoms with van der Waals surface area (Å²) in [6, 6.07) is 10.4. The molecule has 2 heteroatoms. The second-order valence-corrected chi connectivity index (χ2v) is 7.43. The SMILES string of the molecule is Cc1cc(C)c(C(O)c2ccccc2C(C)(C)C)s1. The molecule has 2 rings (SSSR count). The summed E-state index contributed by atoms with van der Waals surface area (Å²) in [6.45, 7) is 10.7. The zero-order chi connectivity index (χ0) is 14.2. The van der Waals surface area contributed by atoms with Crippen molar-refractivity contribution in [3.63, 3.8) is 0 Å². The molecule has 0 aliphatic heterocycles. The van der Waals surface area contributed by atoms with Crippen LogP contribution in [0.1, 0.15) is 53.3 Å². The van der Waals surface area contributed by atoms with Gasteiger partial charge in [-0.25, -0.2) is 0 Å². The van der Waals surface area contributed by atoms with Crippen LogP contribution >= 0.6 is 11.3 Å². The van der Waals surface area contributed by atoms with Gasteiger partial charge >= 0.3 is 0 Å². The van der Waals surface area contributed by atoms with Gasteiger partial charge in [0.2, 0.25) is 0 Å². The molecule has 0 amide bonds. The standard InChI is InChI=1S/C17H22OS/c1-11-10-12(2)19-16(11)15(18)13-8-6-7-9-14(13)17(3,4)5/h6-10,15,18H,1-5H3. The molecule has 102 valence electrons. The number of benzene rings is 1. The van der Waals surface area contributed by atoms with Crippen molar-refractivity contribution in [2.75, 3.05) is 0 Å². The van der Waals surface area contributed by atoms with Gasteiger partial charge in [0.25, 0.3) is 0 Å². The lowest BCUT2D eigenvalue weighted by atomic mass is 9.82. The normalized spacial score (nSPS) is 13.6. The van der Waals surface area contributed by atoms with E-state index < -0.39 is 6.10 Å². The number of aliphatic hydroxyl groups is 1. The van der Waals surface area contributed by atoms with E-state index >= 15 is 0 Å². The van der Waals surface area contributed by atoms with Crippen LogP contribution in [0, 0.1) is 13.8 Å². The maximum absolute atomic E-state index is 10.7. The van der Waals surface area contributed by atoms with Gasteiger partial charge in [-0.1, -0.05) is 45.0 Å². The van der Waals surface area contributed by atoms with Gasteiger partial charge < -0.3 is 5.11 Å². The van der Waals surface area contributed by atoms with Crippen LogP contribution in [-0.4, -0.2) is 5.11 Å². The zero-order valence-electron chi connectivity index (χ0n) is 12.3. The highest BCUT2D eigenvalue weighted by Gasteiger charge is 2.24. The first-order valence-electron chi connectivity index (χ1n) is 6.65. The smallest absolute Gasteiger partial charge is 0.114 e. The Hall–Kier alpha value is -1.12. The maximum atomic E-state index is 10.7. The van der Waals surface area contributed by atoms with Gasteiger partial charge in [-0.15, -0.1) is 11.3 Å². The lowest BCUT2D eigenvalue weighted by Gasteiger charge is -2.25. The average Bonchev–Trinajstić information content (AvgIpc) is 2.66. The summed E-state index contributed by atoms with van der Waals surface area (Å²) in [6.07, 6.45) is -0.519. The first kappa shape index (κ1) is 14.3. The zero-order valence-corrected chi connectivity index (χ0v) is 13.1. The Kier molecular flexibility index (Phi) is 3.84. The first-order chi connectivity index (χ1) is 8.80. The minimum Gasteiger partial charge on any atom is -0.383 e. The van der Waals surface area contributed by atoms with Crippen molar-refractivity contribution in [2.24, 2.45) is 0 Å². The summed E-state index contributed by atoms with van der Waals surface area (Å²) in [7, 11) is 0. The molecule has 0 saturated carbocycles. The van der Waals surface area contributed by atoms with Crippen LogP contribution < -0.4 is 0 Å². The molecule has 0 aliphatic carbocycles. The Morgan fingerprint density at radius 1 is 1.11 bits per heavy atom. The molecule has 1 nitrogen and oxygen atoms in total. The van der Waals surface area contributed by atoms with Crippen LogP contribution in [0.2, 0.25) is 0 Å². The van der Waals surface area contributed by atoms with Crippen molar-refractivity contribution >= 4 is 11.3 Å². The van der Waals surface area contributed by atoms with Crippen molar-refractivity contribution < 1.29 is 5.11 Å². The fourth-order valence-corrected chi connectivity index (χ4v) is 3.53. The highest BCUT2D eigenvalue weighted by atomic mass is 32.1. The van der Waals surface area contributed by atoms with E-state index in [0.717, 1.165) is 10.4 Å². The maximum Gasteiger partial charge on any atom is 0.114 e. The largest absolute Gasteiger partial charge is 0.383 e. The molecule has 0 radical (unpaired) electrons. The molecule has 0 bridgehead atoms. The first-order valence-corrected chi connectivity index (χ1v) is 7.46. The van der Waals surface area contributed by atoms with Gasteiger partial charge in [0, 0.05) is 9.75 Å². The monoisotopic (exact) mass is 274 g/mol. The molecule has 0 fully saturated rings. The van der Waals surface area contributed by atoms with Crippen LogP contribution in [0.4, 0.5) is 0 Å². The van der Waals surface area contributed by atoms with Crippen molar-refractivity contribution in [3.05, 3.63) is 56.8 Å². The van der Waals surface area contributed by atoms with Gasteiger partial charge in [0.15, 0.2) is 0 Å². The Morgan fingerprint density at radius 2 is 1.74 bits per heavy atom. The van der Waals surface area contributed by atoms with Crippen molar-refractivity contribution in [3.8, 4) is 0 Å². The molecule has 1 aromatic heterocycles. The summed E-state index contributed by atoms with van der Waals surface area (Å²) in [5.41, 5.74) is 3.46. The minimum atomic E-state index is -0.519. The summed E-state index contributed by atoms with van der Waals surface area (Å²) < 4.78 is 0. The molecule has 2 aromatic rings. The summed E-state index contributed by atoms with van der Waals surface area (Å²) in [4.78, 5) is 2.31. The fraction of sp³-hybridized carbons (Fsp3) is 0.412. The average molecular weight is 274 g/mol. The van der Waals surface area contributed by atoms with E-state index in [9.17, 15) is 5.11 Å². The third-order valence-corrected chi connectivity index (χ3v) is 4.60. The highest BCUT2D eigenvalue weighted by Crippen LogP contribution is 2.36. The van der Waals surface area contributed by atoms with Gasteiger partial charge in [-0.05, 0) is 42.0 Å². The molecule has 0 spiro atoms. The van der Waals surface area contributed by atoms with E-state index in [1.54, 1.807) is 11.3 Å². The number of thiophene rings is 1. The van der Waals surface area contributed by atoms with Crippen LogP contribution in [0.5, 0.6) is 0 Å². The molecule has 1 N–H and O–H groups in total. The van der Waals surface area contributed by atoms with Crippen molar-refractivity contribution in [2.45, 2.75) is 46.1 Å². The van der Waals surface area contributed by atoms with Crippen LogP contribution in [0.15, 0.2) is 30.3 Å². The van der Waals surface area contributed by atoms with Gasteiger partial charge in [0.1, 0.15) is 6.10 Å².